The second kappa shape index (κ2) is 3.68. The molecule has 0 aliphatic carbocycles. The summed E-state index contributed by atoms with van der Waals surface area (Å²) in [6.07, 6.45) is 3.72. The normalized spacial score (nSPS) is 12.9. The summed E-state index contributed by atoms with van der Waals surface area (Å²) in [7, 11) is 0. The van der Waals surface area contributed by atoms with Gasteiger partial charge in [-0.15, -0.1) is 6.58 Å². The minimum atomic E-state index is -0.455. The molecule has 1 aromatic heterocycles. The van der Waals surface area contributed by atoms with E-state index in [9.17, 15) is 5.11 Å². The Hall–Kier alpha value is -1.54. The maximum absolute atomic E-state index is 9.82. The first-order valence-electron chi connectivity index (χ1n) is 4.68. The van der Waals surface area contributed by atoms with Crippen LogP contribution < -0.4 is 0 Å². The number of aromatic amines is 1. The molecule has 1 atom stereocenters. The van der Waals surface area contributed by atoms with E-state index in [4.69, 9.17) is 0 Å². The molecule has 72 valence electrons. The van der Waals surface area contributed by atoms with Gasteiger partial charge in [0.2, 0.25) is 0 Å². The first kappa shape index (κ1) is 9.03. The van der Waals surface area contributed by atoms with Crippen molar-refractivity contribution in [3.05, 3.63) is 48.7 Å². The highest BCUT2D eigenvalue weighted by molar-refractivity contribution is 5.83. The highest BCUT2D eigenvalue weighted by Gasteiger charge is 2.10. The van der Waals surface area contributed by atoms with Crippen molar-refractivity contribution >= 4 is 10.9 Å². The molecule has 2 heteroatoms. The lowest BCUT2D eigenvalue weighted by atomic mass is 10.1. The van der Waals surface area contributed by atoms with Gasteiger partial charge in [0, 0.05) is 22.7 Å². The number of aromatic nitrogens is 1. The highest BCUT2D eigenvalue weighted by atomic mass is 16.3. The number of hydrogen-bond donors (Lipinski definition) is 2. The van der Waals surface area contributed by atoms with Gasteiger partial charge < -0.3 is 10.1 Å². The molecule has 0 aliphatic rings. The van der Waals surface area contributed by atoms with E-state index < -0.39 is 6.10 Å². The molecule has 2 nitrogen and oxygen atoms in total. The van der Waals surface area contributed by atoms with E-state index in [-0.39, 0.29) is 0 Å². The molecule has 0 amide bonds. The number of rotatable bonds is 3. The molecular weight excluding hydrogens is 174 g/mol. The van der Waals surface area contributed by atoms with E-state index >= 15 is 0 Å². The number of fused-ring (bicyclic) bond motifs is 1. The van der Waals surface area contributed by atoms with Crippen LogP contribution >= 0.6 is 0 Å². The van der Waals surface area contributed by atoms with E-state index in [1.165, 1.54) is 0 Å². The van der Waals surface area contributed by atoms with E-state index in [1.807, 2.05) is 30.5 Å². The smallest absolute Gasteiger partial charge is 0.0844 e. The zero-order valence-electron chi connectivity index (χ0n) is 7.90. The third-order valence-electron chi connectivity index (χ3n) is 2.37. The maximum Gasteiger partial charge on any atom is 0.0844 e. The van der Waals surface area contributed by atoms with Crippen molar-refractivity contribution in [2.75, 3.05) is 0 Å². The van der Waals surface area contributed by atoms with Gasteiger partial charge in [-0.05, 0) is 12.5 Å². The summed E-state index contributed by atoms with van der Waals surface area (Å²) < 4.78 is 0. The van der Waals surface area contributed by atoms with Gasteiger partial charge in [0.05, 0.1) is 6.10 Å². The Kier molecular flexibility index (Phi) is 2.37. The second-order valence-corrected chi connectivity index (χ2v) is 3.33. The molecule has 14 heavy (non-hydrogen) atoms. The van der Waals surface area contributed by atoms with Crippen LogP contribution in [0.2, 0.25) is 0 Å². The third kappa shape index (κ3) is 1.44. The molecule has 0 radical (unpaired) electrons. The first-order valence-corrected chi connectivity index (χ1v) is 4.68. The van der Waals surface area contributed by atoms with Crippen molar-refractivity contribution in [3.8, 4) is 0 Å². The average molecular weight is 187 g/mol. The lowest BCUT2D eigenvalue weighted by Crippen LogP contribution is -1.93. The van der Waals surface area contributed by atoms with Crippen LogP contribution in [-0.2, 0) is 0 Å². The first-order chi connectivity index (χ1) is 6.83. The van der Waals surface area contributed by atoms with Crippen LogP contribution in [0.25, 0.3) is 10.9 Å². The van der Waals surface area contributed by atoms with Crippen LogP contribution in [0.15, 0.2) is 43.1 Å². The Morgan fingerprint density at radius 1 is 1.43 bits per heavy atom. The largest absolute Gasteiger partial charge is 0.388 e. The molecule has 0 saturated carbocycles. The van der Waals surface area contributed by atoms with E-state index in [2.05, 4.69) is 11.6 Å². The van der Waals surface area contributed by atoms with Crippen molar-refractivity contribution in [1.29, 1.82) is 0 Å². The van der Waals surface area contributed by atoms with Gasteiger partial charge >= 0.3 is 0 Å². The molecule has 2 aromatic rings. The van der Waals surface area contributed by atoms with Crippen LogP contribution in [-0.4, -0.2) is 10.1 Å². The van der Waals surface area contributed by atoms with Crippen molar-refractivity contribution < 1.29 is 5.11 Å². The lowest BCUT2D eigenvalue weighted by molar-refractivity contribution is 0.183. The number of para-hydroxylation sites is 1. The molecule has 0 spiro atoms. The summed E-state index contributed by atoms with van der Waals surface area (Å²) in [6, 6.07) is 7.95. The van der Waals surface area contributed by atoms with Gasteiger partial charge in [0.25, 0.3) is 0 Å². The van der Waals surface area contributed by atoms with Crippen LogP contribution in [0.1, 0.15) is 18.1 Å². The summed E-state index contributed by atoms with van der Waals surface area (Å²) in [5.74, 6) is 0. The van der Waals surface area contributed by atoms with Crippen LogP contribution in [0, 0.1) is 0 Å². The molecule has 0 bridgehead atoms. The van der Waals surface area contributed by atoms with Crippen molar-refractivity contribution in [2.24, 2.45) is 0 Å². The van der Waals surface area contributed by atoms with Gasteiger partial charge in [0.1, 0.15) is 0 Å². The Bertz CT molecular complexity index is 444. The average Bonchev–Trinajstić information content (AvgIpc) is 2.61. The Morgan fingerprint density at radius 3 is 3.00 bits per heavy atom. The topological polar surface area (TPSA) is 36.0 Å². The third-order valence-corrected chi connectivity index (χ3v) is 2.37. The Morgan fingerprint density at radius 2 is 2.21 bits per heavy atom. The quantitative estimate of drug-likeness (QED) is 0.712. The predicted molar refractivity (Wildman–Crippen MR) is 58.1 cm³/mol. The molecule has 0 fully saturated rings. The van der Waals surface area contributed by atoms with Crippen LogP contribution in [0.4, 0.5) is 0 Å². The zero-order chi connectivity index (χ0) is 9.97. The standard InChI is InChI=1S/C12H13NO/c1-2-5-12(14)10-8-13-11-7-4-3-6-9(10)11/h2-4,6-8,12-14H,1,5H2. The summed E-state index contributed by atoms with van der Waals surface area (Å²) in [5, 5.41) is 10.9. The molecule has 1 unspecified atom stereocenters. The van der Waals surface area contributed by atoms with Gasteiger partial charge in [-0.25, -0.2) is 0 Å². The molecule has 0 saturated heterocycles. The molecular formula is C12H13NO. The van der Waals surface area contributed by atoms with Crippen molar-refractivity contribution in [3.63, 3.8) is 0 Å². The fraction of sp³-hybridized carbons (Fsp3) is 0.167. The fourth-order valence-corrected chi connectivity index (χ4v) is 1.65. The monoisotopic (exact) mass is 187 g/mol. The molecule has 2 N–H and O–H groups in total. The SMILES string of the molecule is C=CCC(O)c1c[nH]c2ccccc12. The van der Waals surface area contributed by atoms with Gasteiger partial charge in [-0.2, -0.15) is 0 Å². The lowest BCUT2D eigenvalue weighted by Gasteiger charge is -2.05. The maximum atomic E-state index is 9.82. The summed E-state index contributed by atoms with van der Waals surface area (Å²) in [4.78, 5) is 3.13. The molecule has 2 rings (SSSR count). The molecule has 1 aromatic carbocycles. The summed E-state index contributed by atoms with van der Waals surface area (Å²) >= 11 is 0. The fourth-order valence-electron chi connectivity index (χ4n) is 1.65. The summed E-state index contributed by atoms with van der Waals surface area (Å²) in [6.45, 7) is 3.62. The predicted octanol–water partition coefficient (Wildman–Crippen LogP) is 2.78. The number of H-pyrrole nitrogens is 1. The number of nitrogens with one attached hydrogen (secondary N) is 1. The van der Waals surface area contributed by atoms with Crippen LogP contribution in [0.5, 0.6) is 0 Å². The molecule has 0 aliphatic heterocycles. The van der Waals surface area contributed by atoms with Crippen molar-refractivity contribution in [2.45, 2.75) is 12.5 Å². The van der Waals surface area contributed by atoms with Crippen LogP contribution in [0.3, 0.4) is 0 Å². The second-order valence-electron chi connectivity index (χ2n) is 3.33. The van der Waals surface area contributed by atoms with E-state index in [1.54, 1.807) is 6.08 Å². The Balaban J connectivity index is 2.47. The number of benzene rings is 1. The number of aliphatic hydroxyl groups excluding tert-OH is 1. The number of hydrogen-bond acceptors (Lipinski definition) is 1. The van der Waals surface area contributed by atoms with E-state index in [0.29, 0.717) is 6.42 Å². The summed E-state index contributed by atoms with van der Waals surface area (Å²) in [5.41, 5.74) is 2.01. The minimum absolute atomic E-state index is 0.455. The number of aliphatic hydroxyl groups is 1. The van der Waals surface area contributed by atoms with Gasteiger partial charge in [-0.3, -0.25) is 0 Å². The Labute approximate surface area is 82.9 Å². The van der Waals surface area contributed by atoms with Crippen molar-refractivity contribution in [1.82, 2.24) is 4.98 Å². The highest BCUT2D eigenvalue weighted by Crippen LogP contribution is 2.25. The van der Waals surface area contributed by atoms with Gasteiger partial charge in [0.15, 0.2) is 0 Å². The van der Waals surface area contributed by atoms with Gasteiger partial charge in [-0.1, -0.05) is 24.3 Å². The van der Waals surface area contributed by atoms with E-state index in [0.717, 1.165) is 16.5 Å². The molecule has 1 heterocycles. The zero-order valence-corrected chi connectivity index (χ0v) is 7.90. The minimum Gasteiger partial charge on any atom is -0.388 e.